The molecule has 176 valence electrons. The summed E-state index contributed by atoms with van der Waals surface area (Å²) in [5, 5.41) is 11.4. The van der Waals surface area contributed by atoms with Gasteiger partial charge in [-0.2, -0.15) is 0 Å². The van der Waals surface area contributed by atoms with E-state index in [2.05, 4.69) is 4.90 Å². The van der Waals surface area contributed by atoms with E-state index in [-0.39, 0.29) is 5.69 Å². The molecule has 0 radical (unpaired) electrons. The number of rotatable bonds is 9. The first-order valence-corrected chi connectivity index (χ1v) is 11.5. The molecule has 0 aliphatic carbocycles. The fraction of sp³-hybridized carbons (Fsp3) is 0.375. The van der Waals surface area contributed by atoms with Gasteiger partial charge in [0.15, 0.2) is 11.5 Å². The molecule has 1 aliphatic heterocycles. The van der Waals surface area contributed by atoms with Gasteiger partial charge in [0.25, 0.3) is 0 Å². The van der Waals surface area contributed by atoms with Gasteiger partial charge in [0.1, 0.15) is 5.69 Å². The van der Waals surface area contributed by atoms with Crippen molar-refractivity contribution < 1.29 is 24.1 Å². The van der Waals surface area contributed by atoms with Crippen LogP contribution in [0.2, 0.25) is 10.0 Å². The minimum Gasteiger partial charge on any atom is -0.493 e. The summed E-state index contributed by atoms with van der Waals surface area (Å²) >= 11 is 12.2. The first-order valence-electron chi connectivity index (χ1n) is 10.8. The smallest absolute Gasteiger partial charge is 0.352 e. The minimum atomic E-state index is -1.02. The van der Waals surface area contributed by atoms with Gasteiger partial charge in [-0.25, -0.2) is 4.79 Å². The molecule has 0 atom stereocenters. The number of methoxy groups -OCH3 is 1. The van der Waals surface area contributed by atoms with Crippen molar-refractivity contribution in [1.29, 1.82) is 0 Å². The summed E-state index contributed by atoms with van der Waals surface area (Å²) in [7, 11) is 1.58. The second kappa shape index (κ2) is 10.7. The van der Waals surface area contributed by atoms with Crippen LogP contribution in [-0.4, -0.2) is 67.1 Å². The number of carboxylic acid groups (broad SMARTS) is 1. The van der Waals surface area contributed by atoms with Gasteiger partial charge in [-0.1, -0.05) is 29.3 Å². The number of nitrogens with zero attached hydrogens (tertiary/aromatic N) is 2. The molecule has 2 aromatic carbocycles. The van der Waals surface area contributed by atoms with E-state index in [1.807, 2.05) is 12.1 Å². The number of carboxylic acids is 1. The molecule has 4 rings (SSSR count). The van der Waals surface area contributed by atoms with Gasteiger partial charge in [-0.3, -0.25) is 4.90 Å². The standard InChI is InChI=1S/C24H26Cl2N2O5/c1-31-22-6-5-20-17(23(22)33-10-2-7-27-8-11-32-12-9-27)14-21(24(29)30)28(20)15-16-3-4-18(25)19(26)13-16/h3-6,13-14H,2,7-12,15H2,1H3,(H,29,30). The van der Waals surface area contributed by atoms with Crippen molar-refractivity contribution in [1.82, 2.24) is 9.47 Å². The van der Waals surface area contributed by atoms with Crippen LogP contribution in [0.3, 0.4) is 0 Å². The van der Waals surface area contributed by atoms with Crippen molar-refractivity contribution in [3.63, 3.8) is 0 Å². The number of aromatic nitrogens is 1. The summed E-state index contributed by atoms with van der Waals surface area (Å²) in [6, 6.07) is 10.6. The summed E-state index contributed by atoms with van der Waals surface area (Å²) < 4.78 is 18.8. The van der Waals surface area contributed by atoms with Crippen LogP contribution in [0.15, 0.2) is 36.4 Å². The minimum absolute atomic E-state index is 0.155. The lowest BCUT2D eigenvalue weighted by Gasteiger charge is -2.26. The average molecular weight is 493 g/mol. The second-order valence-electron chi connectivity index (χ2n) is 7.86. The van der Waals surface area contributed by atoms with Gasteiger partial charge in [-0.05, 0) is 42.3 Å². The van der Waals surface area contributed by atoms with Crippen molar-refractivity contribution in [3.8, 4) is 11.5 Å². The predicted octanol–water partition coefficient (Wildman–Crippen LogP) is 4.80. The zero-order valence-electron chi connectivity index (χ0n) is 18.4. The first kappa shape index (κ1) is 23.7. The maximum absolute atomic E-state index is 12.0. The Morgan fingerprint density at radius 3 is 2.61 bits per heavy atom. The number of carbonyl (C=O) groups is 1. The number of aromatic carboxylic acids is 1. The third-order valence-electron chi connectivity index (χ3n) is 5.73. The number of morpholine rings is 1. The molecule has 0 unspecified atom stereocenters. The van der Waals surface area contributed by atoms with Crippen molar-refractivity contribution in [2.75, 3.05) is 46.6 Å². The average Bonchev–Trinajstić information content (AvgIpc) is 3.18. The predicted molar refractivity (Wildman–Crippen MR) is 128 cm³/mol. The molecule has 7 nitrogen and oxygen atoms in total. The van der Waals surface area contributed by atoms with Gasteiger partial charge in [0.05, 0.1) is 42.5 Å². The molecule has 1 aliphatic rings. The van der Waals surface area contributed by atoms with Crippen LogP contribution < -0.4 is 9.47 Å². The van der Waals surface area contributed by atoms with E-state index < -0.39 is 5.97 Å². The Labute approximate surface area is 202 Å². The third-order valence-corrected chi connectivity index (χ3v) is 6.47. The highest BCUT2D eigenvalue weighted by Crippen LogP contribution is 2.38. The third kappa shape index (κ3) is 5.38. The number of hydrogen-bond acceptors (Lipinski definition) is 5. The van der Waals surface area contributed by atoms with Crippen LogP contribution in [-0.2, 0) is 11.3 Å². The highest BCUT2D eigenvalue weighted by Gasteiger charge is 2.21. The molecule has 1 fully saturated rings. The fourth-order valence-electron chi connectivity index (χ4n) is 4.05. The Hall–Kier alpha value is -2.45. The highest BCUT2D eigenvalue weighted by atomic mass is 35.5. The summed E-state index contributed by atoms with van der Waals surface area (Å²) in [6.07, 6.45) is 0.843. The van der Waals surface area contributed by atoms with Crippen LogP contribution in [0.25, 0.3) is 10.9 Å². The molecule has 3 aromatic rings. The number of ether oxygens (including phenoxy) is 3. The van der Waals surface area contributed by atoms with E-state index in [0.717, 1.165) is 50.3 Å². The maximum atomic E-state index is 12.0. The highest BCUT2D eigenvalue weighted by molar-refractivity contribution is 6.42. The van der Waals surface area contributed by atoms with Gasteiger partial charge < -0.3 is 23.9 Å². The molecule has 0 bridgehead atoms. The van der Waals surface area contributed by atoms with E-state index in [9.17, 15) is 9.90 Å². The lowest BCUT2D eigenvalue weighted by atomic mass is 10.2. The topological polar surface area (TPSA) is 73.2 Å². The van der Waals surface area contributed by atoms with Gasteiger partial charge >= 0.3 is 5.97 Å². The molecule has 0 amide bonds. The van der Waals surface area contributed by atoms with Gasteiger partial charge in [-0.15, -0.1) is 0 Å². The maximum Gasteiger partial charge on any atom is 0.352 e. The largest absolute Gasteiger partial charge is 0.493 e. The number of halogens is 2. The summed E-state index contributed by atoms with van der Waals surface area (Å²) in [4.78, 5) is 14.4. The Balaban J connectivity index is 1.61. The lowest BCUT2D eigenvalue weighted by Crippen LogP contribution is -2.37. The van der Waals surface area contributed by atoms with Gasteiger partial charge in [0.2, 0.25) is 0 Å². The Morgan fingerprint density at radius 1 is 1.12 bits per heavy atom. The number of benzene rings is 2. The normalized spacial score (nSPS) is 14.5. The van der Waals surface area contributed by atoms with E-state index in [4.69, 9.17) is 37.4 Å². The molecule has 33 heavy (non-hydrogen) atoms. The zero-order valence-corrected chi connectivity index (χ0v) is 19.9. The van der Waals surface area contributed by atoms with E-state index >= 15 is 0 Å². The van der Waals surface area contributed by atoms with Crippen molar-refractivity contribution >= 4 is 40.1 Å². The quantitative estimate of drug-likeness (QED) is 0.432. The molecule has 1 saturated heterocycles. The summed E-state index contributed by atoms with van der Waals surface area (Å²) in [6.45, 7) is 5.12. The zero-order chi connectivity index (χ0) is 23.4. The summed E-state index contributed by atoms with van der Waals surface area (Å²) in [5.74, 6) is 0.0911. The lowest BCUT2D eigenvalue weighted by molar-refractivity contribution is 0.0358. The second-order valence-corrected chi connectivity index (χ2v) is 8.67. The Morgan fingerprint density at radius 2 is 1.91 bits per heavy atom. The molecule has 1 aromatic heterocycles. The van der Waals surface area contributed by atoms with Crippen molar-refractivity contribution in [3.05, 3.63) is 57.7 Å². The summed E-state index contributed by atoms with van der Waals surface area (Å²) in [5.41, 5.74) is 1.73. The van der Waals surface area contributed by atoms with Crippen molar-refractivity contribution in [2.24, 2.45) is 0 Å². The number of hydrogen-bond donors (Lipinski definition) is 1. The molecule has 9 heteroatoms. The number of fused-ring (bicyclic) bond motifs is 1. The van der Waals surface area contributed by atoms with Crippen LogP contribution in [0.5, 0.6) is 11.5 Å². The SMILES string of the molecule is COc1ccc2c(cc(C(=O)O)n2Cc2ccc(Cl)c(Cl)c2)c1OCCCN1CCOCC1. The molecule has 2 heterocycles. The molecule has 1 N–H and O–H groups in total. The molecule has 0 spiro atoms. The van der Waals surface area contributed by atoms with Gasteiger partial charge in [0, 0.05) is 31.6 Å². The van der Waals surface area contributed by atoms with Crippen LogP contribution in [0, 0.1) is 0 Å². The van der Waals surface area contributed by atoms with E-state index in [0.29, 0.717) is 40.1 Å². The van der Waals surface area contributed by atoms with E-state index in [1.54, 1.807) is 35.9 Å². The first-order chi connectivity index (χ1) is 16.0. The van der Waals surface area contributed by atoms with Crippen LogP contribution in [0.1, 0.15) is 22.5 Å². The molecule has 0 saturated carbocycles. The van der Waals surface area contributed by atoms with Crippen LogP contribution in [0.4, 0.5) is 0 Å². The molecular formula is C24H26Cl2N2O5. The Bertz CT molecular complexity index is 1140. The monoisotopic (exact) mass is 492 g/mol. The molecular weight excluding hydrogens is 467 g/mol. The fourth-order valence-corrected chi connectivity index (χ4v) is 4.37. The van der Waals surface area contributed by atoms with Crippen molar-refractivity contribution in [2.45, 2.75) is 13.0 Å². The van der Waals surface area contributed by atoms with Crippen LogP contribution >= 0.6 is 23.2 Å². The Kier molecular flexibility index (Phi) is 7.65. The van der Waals surface area contributed by atoms with E-state index in [1.165, 1.54) is 0 Å².